The number of rotatable bonds is 12. The molecule has 2 aromatic rings. The first-order valence-electron chi connectivity index (χ1n) is 12.0. The van der Waals surface area contributed by atoms with Crippen molar-refractivity contribution in [3.05, 3.63) is 59.7 Å². The number of amides is 2. The zero-order chi connectivity index (χ0) is 24.5. The number of benzene rings is 2. The van der Waals surface area contributed by atoms with Crippen LogP contribution in [0.1, 0.15) is 63.0 Å². The molecule has 0 saturated carbocycles. The molecule has 7 nitrogen and oxygen atoms in total. The van der Waals surface area contributed by atoms with Crippen LogP contribution in [-0.2, 0) is 14.3 Å². The number of alkyl carbamates (subject to hydrolysis) is 1. The summed E-state index contributed by atoms with van der Waals surface area (Å²) in [5, 5.41) is 14.6. The molecular weight excluding hydrogens is 432 g/mol. The summed E-state index contributed by atoms with van der Waals surface area (Å²) in [6.45, 7) is 4.54. The number of carboxylic acid groups (broad SMARTS) is 1. The molecule has 34 heavy (non-hydrogen) atoms. The van der Waals surface area contributed by atoms with Gasteiger partial charge in [-0.25, -0.2) is 9.59 Å². The third kappa shape index (κ3) is 6.59. The monoisotopic (exact) mass is 466 g/mol. The fourth-order valence-electron chi connectivity index (χ4n) is 4.32. The molecule has 182 valence electrons. The predicted molar refractivity (Wildman–Crippen MR) is 131 cm³/mol. The van der Waals surface area contributed by atoms with Gasteiger partial charge in [0.15, 0.2) is 0 Å². The van der Waals surface area contributed by atoms with Crippen LogP contribution in [0.2, 0.25) is 0 Å². The summed E-state index contributed by atoms with van der Waals surface area (Å²) in [6.07, 6.45) is 2.31. The number of hydrogen-bond donors (Lipinski definition) is 3. The van der Waals surface area contributed by atoms with Crippen molar-refractivity contribution in [3.63, 3.8) is 0 Å². The van der Waals surface area contributed by atoms with E-state index in [0.717, 1.165) is 24.0 Å². The molecule has 0 aromatic heterocycles. The van der Waals surface area contributed by atoms with Gasteiger partial charge in [-0.05, 0) is 41.0 Å². The fraction of sp³-hybridized carbons (Fsp3) is 0.444. The van der Waals surface area contributed by atoms with E-state index in [4.69, 9.17) is 4.74 Å². The second-order valence-electron chi connectivity index (χ2n) is 8.95. The zero-order valence-corrected chi connectivity index (χ0v) is 19.9. The Morgan fingerprint density at radius 2 is 1.62 bits per heavy atom. The number of carboxylic acids is 1. The lowest BCUT2D eigenvalue weighted by Crippen LogP contribution is -2.41. The lowest BCUT2D eigenvalue weighted by Gasteiger charge is -2.17. The largest absolute Gasteiger partial charge is 0.480 e. The number of nitrogens with one attached hydrogen (secondary N) is 2. The third-order valence-electron chi connectivity index (χ3n) is 6.28. The maximum Gasteiger partial charge on any atom is 0.407 e. The molecule has 0 radical (unpaired) electrons. The molecule has 2 unspecified atom stereocenters. The summed E-state index contributed by atoms with van der Waals surface area (Å²) in [4.78, 5) is 35.7. The first-order valence-corrected chi connectivity index (χ1v) is 12.0. The molecular formula is C27H34N2O5. The number of ether oxygens (including phenoxy) is 1. The highest BCUT2D eigenvalue weighted by Gasteiger charge is 2.29. The minimum Gasteiger partial charge on any atom is -0.480 e. The van der Waals surface area contributed by atoms with E-state index in [2.05, 4.69) is 34.9 Å². The Morgan fingerprint density at radius 1 is 1.00 bits per heavy atom. The number of hydrogen-bond acceptors (Lipinski definition) is 4. The highest BCUT2D eigenvalue weighted by atomic mass is 16.5. The number of unbranched alkanes of at least 4 members (excludes halogenated alkanes) is 1. The Hall–Kier alpha value is -3.35. The van der Waals surface area contributed by atoms with Gasteiger partial charge in [0.25, 0.3) is 0 Å². The van der Waals surface area contributed by atoms with Crippen molar-refractivity contribution in [3.8, 4) is 11.1 Å². The van der Waals surface area contributed by atoms with Crippen LogP contribution >= 0.6 is 0 Å². The van der Waals surface area contributed by atoms with E-state index in [-0.39, 0.29) is 30.8 Å². The van der Waals surface area contributed by atoms with Gasteiger partial charge in [-0.1, -0.05) is 75.2 Å². The molecule has 2 amide bonds. The average Bonchev–Trinajstić information content (AvgIpc) is 3.16. The molecule has 3 N–H and O–H groups in total. The first-order chi connectivity index (χ1) is 16.4. The number of carbonyl (C=O) groups excluding carboxylic acids is 2. The standard InChI is InChI=1S/C27H34N2O5/c1-3-4-13-24(26(31)32)29-25(30)15-14-18(2)16-28-27(33)34-17-23-21-11-7-5-9-19(21)20-10-6-8-12-22(20)23/h5-12,18,23-24H,3-4,13-17H2,1-2H3,(H,28,33)(H,29,30)(H,31,32). The van der Waals surface area contributed by atoms with E-state index in [1.165, 1.54) is 11.1 Å². The first kappa shape index (κ1) is 25.3. The summed E-state index contributed by atoms with van der Waals surface area (Å²) < 4.78 is 5.54. The maximum absolute atomic E-state index is 12.3. The van der Waals surface area contributed by atoms with E-state index >= 15 is 0 Å². The van der Waals surface area contributed by atoms with Crippen molar-refractivity contribution in [1.82, 2.24) is 10.6 Å². The normalized spacial score (nSPS) is 13.9. The maximum atomic E-state index is 12.3. The summed E-state index contributed by atoms with van der Waals surface area (Å²) in [5.74, 6) is -1.23. The van der Waals surface area contributed by atoms with Crippen LogP contribution in [0, 0.1) is 5.92 Å². The topological polar surface area (TPSA) is 105 Å². The van der Waals surface area contributed by atoms with Crippen LogP contribution in [0.5, 0.6) is 0 Å². The summed E-state index contributed by atoms with van der Waals surface area (Å²) in [5.41, 5.74) is 4.68. The fourth-order valence-corrected chi connectivity index (χ4v) is 4.32. The summed E-state index contributed by atoms with van der Waals surface area (Å²) in [6, 6.07) is 15.5. The van der Waals surface area contributed by atoms with Crippen LogP contribution in [-0.4, -0.2) is 42.3 Å². The van der Waals surface area contributed by atoms with Gasteiger partial charge in [0.2, 0.25) is 5.91 Å². The van der Waals surface area contributed by atoms with Crippen LogP contribution in [0.25, 0.3) is 11.1 Å². The minimum absolute atomic E-state index is 0.00848. The van der Waals surface area contributed by atoms with Gasteiger partial charge in [-0.2, -0.15) is 0 Å². The second-order valence-corrected chi connectivity index (χ2v) is 8.95. The SMILES string of the molecule is CCCCC(NC(=O)CCC(C)CNC(=O)OCC1c2ccccc2-c2ccccc21)C(=O)O. The minimum atomic E-state index is -1.01. The second kappa shape index (κ2) is 12.2. The summed E-state index contributed by atoms with van der Waals surface area (Å²) in [7, 11) is 0. The summed E-state index contributed by atoms with van der Waals surface area (Å²) >= 11 is 0. The molecule has 0 heterocycles. The van der Waals surface area contributed by atoms with Crippen molar-refractivity contribution < 1.29 is 24.2 Å². The molecule has 1 aliphatic carbocycles. The van der Waals surface area contributed by atoms with Crippen LogP contribution < -0.4 is 10.6 Å². The highest BCUT2D eigenvalue weighted by molar-refractivity contribution is 5.83. The van der Waals surface area contributed by atoms with E-state index in [9.17, 15) is 19.5 Å². The molecule has 0 bridgehead atoms. The van der Waals surface area contributed by atoms with Gasteiger partial charge in [-0.15, -0.1) is 0 Å². The van der Waals surface area contributed by atoms with Crippen molar-refractivity contribution in [1.29, 1.82) is 0 Å². The van der Waals surface area contributed by atoms with Crippen molar-refractivity contribution in [2.45, 2.75) is 57.9 Å². The molecule has 3 rings (SSSR count). The van der Waals surface area contributed by atoms with E-state index in [0.29, 0.717) is 19.4 Å². The Bertz CT molecular complexity index is 961. The molecule has 1 aliphatic rings. The van der Waals surface area contributed by atoms with Crippen LogP contribution in [0.3, 0.4) is 0 Å². The zero-order valence-electron chi connectivity index (χ0n) is 19.9. The van der Waals surface area contributed by atoms with Gasteiger partial charge in [0.05, 0.1) is 0 Å². The van der Waals surface area contributed by atoms with Gasteiger partial charge in [0, 0.05) is 18.9 Å². The van der Waals surface area contributed by atoms with E-state index in [1.54, 1.807) is 0 Å². The molecule has 2 atom stereocenters. The van der Waals surface area contributed by atoms with Gasteiger partial charge in [0.1, 0.15) is 12.6 Å². The van der Waals surface area contributed by atoms with E-state index < -0.39 is 18.1 Å². The van der Waals surface area contributed by atoms with Crippen molar-refractivity contribution >= 4 is 18.0 Å². The quantitative estimate of drug-likeness (QED) is 0.421. The Balaban J connectivity index is 1.41. The number of aliphatic carboxylic acids is 1. The number of carbonyl (C=O) groups is 3. The van der Waals surface area contributed by atoms with Crippen LogP contribution in [0.15, 0.2) is 48.5 Å². The molecule has 2 aromatic carbocycles. The molecule has 7 heteroatoms. The lowest BCUT2D eigenvalue weighted by molar-refractivity contribution is -0.142. The molecule has 0 fully saturated rings. The predicted octanol–water partition coefficient (Wildman–Crippen LogP) is 4.70. The lowest BCUT2D eigenvalue weighted by atomic mass is 9.98. The van der Waals surface area contributed by atoms with Crippen molar-refractivity contribution in [2.75, 3.05) is 13.2 Å². The Kier molecular flexibility index (Phi) is 9.08. The smallest absolute Gasteiger partial charge is 0.407 e. The molecule has 0 aliphatic heterocycles. The van der Waals surface area contributed by atoms with Gasteiger partial charge < -0.3 is 20.5 Å². The van der Waals surface area contributed by atoms with Gasteiger partial charge in [-0.3, -0.25) is 4.79 Å². The van der Waals surface area contributed by atoms with Crippen LogP contribution in [0.4, 0.5) is 4.79 Å². The molecule has 0 saturated heterocycles. The molecule has 0 spiro atoms. The average molecular weight is 467 g/mol. The van der Waals surface area contributed by atoms with E-state index in [1.807, 2.05) is 38.1 Å². The Labute approximate surface area is 200 Å². The highest BCUT2D eigenvalue weighted by Crippen LogP contribution is 2.44. The van der Waals surface area contributed by atoms with Crippen molar-refractivity contribution in [2.24, 2.45) is 5.92 Å². The number of fused-ring (bicyclic) bond motifs is 3. The third-order valence-corrected chi connectivity index (χ3v) is 6.28. The Morgan fingerprint density at radius 3 is 2.21 bits per heavy atom. The van der Waals surface area contributed by atoms with Gasteiger partial charge >= 0.3 is 12.1 Å².